The van der Waals surface area contributed by atoms with Crippen molar-refractivity contribution in [1.29, 1.82) is 0 Å². The highest BCUT2D eigenvalue weighted by atomic mass is 16.5. The molecule has 0 spiro atoms. The van der Waals surface area contributed by atoms with E-state index in [2.05, 4.69) is 19.9 Å². The SMILES string of the molecule is COCCOc1cc2ncnc(N3CCN(C(=O)Cc4ccc(Oc5cccc6cnccc56)cc4)CC3)c2cc1OC. The number of aromatic nitrogens is 3. The zero-order valence-corrected chi connectivity index (χ0v) is 24.2. The van der Waals surface area contributed by atoms with Gasteiger partial charge < -0.3 is 28.7 Å². The Hall–Kier alpha value is -4.96. The zero-order chi connectivity index (χ0) is 29.6. The van der Waals surface area contributed by atoms with Crippen LogP contribution in [-0.2, 0) is 16.0 Å². The summed E-state index contributed by atoms with van der Waals surface area (Å²) in [5.74, 6) is 3.62. The van der Waals surface area contributed by atoms with Crippen molar-refractivity contribution in [2.45, 2.75) is 6.42 Å². The van der Waals surface area contributed by atoms with Gasteiger partial charge in [-0.25, -0.2) is 9.97 Å². The molecular formula is C33H33N5O5. The summed E-state index contributed by atoms with van der Waals surface area (Å²) in [5, 5.41) is 2.90. The number of fused-ring (bicyclic) bond motifs is 2. The van der Waals surface area contributed by atoms with Crippen LogP contribution >= 0.6 is 0 Å². The molecule has 1 amide bonds. The predicted molar refractivity (Wildman–Crippen MR) is 164 cm³/mol. The van der Waals surface area contributed by atoms with Crippen molar-refractivity contribution in [1.82, 2.24) is 19.9 Å². The van der Waals surface area contributed by atoms with Crippen LogP contribution in [0.4, 0.5) is 5.82 Å². The lowest BCUT2D eigenvalue weighted by atomic mass is 10.1. The molecule has 43 heavy (non-hydrogen) atoms. The Morgan fingerprint density at radius 3 is 2.49 bits per heavy atom. The van der Waals surface area contributed by atoms with Gasteiger partial charge in [-0.15, -0.1) is 0 Å². The summed E-state index contributed by atoms with van der Waals surface area (Å²) in [6.07, 6.45) is 5.47. The summed E-state index contributed by atoms with van der Waals surface area (Å²) in [6.45, 7) is 3.43. The molecular weight excluding hydrogens is 546 g/mol. The molecule has 1 aliphatic heterocycles. The average molecular weight is 580 g/mol. The minimum atomic E-state index is 0.0990. The van der Waals surface area contributed by atoms with Crippen LogP contribution in [0.5, 0.6) is 23.0 Å². The molecule has 0 radical (unpaired) electrons. The van der Waals surface area contributed by atoms with E-state index in [-0.39, 0.29) is 5.91 Å². The smallest absolute Gasteiger partial charge is 0.227 e. The van der Waals surface area contributed by atoms with Crippen molar-refractivity contribution in [3.63, 3.8) is 0 Å². The Labute approximate surface area is 249 Å². The zero-order valence-electron chi connectivity index (χ0n) is 24.2. The Kier molecular flexibility index (Phi) is 8.46. The number of rotatable bonds is 10. The number of methoxy groups -OCH3 is 2. The number of hydrogen-bond donors (Lipinski definition) is 0. The first kappa shape index (κ1) is 28.2. The van der Waals surface area contributed by atoms with E-state index in [9.17, 15) is 4.79 Å². The molecule has 5 aromatic rings. The number of carbonyl (C=O) groups is 1. The molecule has 10 heteroatoms. The largest absolute Gasteiger partial charge is 0.493 e. The number of hydrogen-bond acceptors (Lipinski definition) is 9. The van der Waals surface area contributed by atoms with Gasteiger partial charge in [-0.3, -0.25) is 9.78 Å². The third kappa shape index (κ3) is 6.29. The normalized spacial score (nSPS) is 13.3. The molecule has 0 bridgehead atoms. The molecule has 2 aromatic heterocycles. The first-order chi connectivity index (χ1) is 21.1. The number of benzene rings is 3. The van der Waals surface area contributed by atoms with Crippen molar-refractivity contribution in [3.05, 3.63) is 84.9 Å². The third-order valence-corrected chi connectivity index (χ3v) is 7.52. The number of nitrogens with zero attached hydrogens (tertiary/aromatic N) is 5. The van der Waals surface area contributed by atoms with Crippen molar-refractivity contribution >= 4 is 33.4 Å². The van der Waals surface area contributed by atoms with E-state index in [1.54, 1.807) is 26.7 Å². The van der Waals surface area contributed by atoms with Crippen molar-refractivity contribution in [3.8, 4) is 23.0 Å². The fraction of sp³-hybridized carbons (Fsp3) is 0.273. The van der Waals surface area contributed by atoms with Gasteiger partial charge in [0.05, 0.1) is 25.7 Å². The highest BCUT2D eigenvalue weighted by molar-refractivity contribution is 5.92. The number of carbonyl (C=O) groups excluding carboxylic acids is 1. The maximum atomic E-state index is 13.2. The van der Waals surface area contributed by atoms with Crippen molar-refractivity contribution < 1.29 is 23.7 Å². The summed E-state index contributed by atoms with van der Waals surface area (Å²) < 4.78 is 22.6. The molecule has 0 atom stereocenters. The van der Waals surface area contributed by atoms with Crippen LogP contribution in [-0.4, -0.2) is 79.4 Å². The quantitative estimate of drug-likeness (QED) is 0.214. The Morgan fingerprint density at radius 1 is 0.860 bits per heavy atom. The van der Waals surface area contributed by atoms with Gasteiger partial charge in [0.25, 0.3) is 0 Å². The van der Waals surface area contributed by atoms with Gasteiger partial charge in [0.1, 0.15) is 30.3 Å². The topological polar surface area (TPSA) is 99.1 Å². The van der Waals surface area contributed by atoms with Gasteiger partial charge in [-0.05, 0) is 35.9 Å². The van der Waals surface area contributed by atoms with Crippen LogP contribution < -0.4 is 19.1 Å². The molecule has 1 aliphatic rings. The maximum absolute atomic E-state index is 13.2. The van der Waals surface area contributed by atoms with Crippen LogP contribution in [0.15, 0.2) is 79.4 Å². The molecule has 3 aromatic carbocycles. The number of amides is 1. The van der Waals surface area contributed by atoms with Crippen molar-refractivity contribution in [2.24, 2.45) is 0 Å². The molecule has 6 rings (SSSR count). The predicted octanol–water partition coefficient (Wildman–Crippen LogP) is 4.90. The van der Waals surface area contributed by atoms with Gasteiger partial charge in [-0.2, -0.15) is 0 Å². The molecule has 0 unspecified atom stereocenters. The Bertz CT molecular complexity index is 1720. The minimum Gasteiger partial charge on any atom is -0.493 e. The molecule has 1 fully saturated rings. The molecule has 0 N–H and O–H groups in total. The molecule has 0 aliphatic carbocycles. The first-order valence-corrected chi connectivity index (χ1v) is 14.2. The second-order valence-corrected chi connectivity index (χ2v) is 10.2. The standard InChI is InChI=1S/C33H33N5O5/c1-40-16-17-42-31-20-28-27(19-30(31)41-2)33(36-22-35-28)38-14-12-37(13-15-38)32(39)18-23-6-8-25(9-7-23)43-29-5-3-4-24-21-34-11-10-26(24)29/h3-11,19-22H,12-18H2,1-2H3. The van der Waals surface area contributed by atoms with E-state index in [0.29, 0.717) is 57.3 Å². The summed E-state index contributed by atoms with van der Waals surface area (Å²) in [6, 6.07) is 19.3. The number of pyridine rings is 1. The van der Waals surface area contributed by atoms with Gasteiger partial charge in [0, 0.05) is 67.9 Å². The van der Waals surface area contributed by atoms with Crippen LogP contribution in [0.1, 0.15) is 5.56 Å². The van der Waals surface area contributed by atoms with Gasteiger partial charge in [0.2, 0.25) is 5.91 Å². The third-order valence-electron chi connectivity index (χ3n) is 7.52. The lowest BCUT2D eigenvalue weighted by molar-refractivity contribution is -0.130. The van der Waals surface area contributed by atoms with Crippen LogP contribution in [0.2, 0.25) is 0 Å². The lowest BCUT2D eigenvalue weighted by Crippen LogP contribution is -2.49. The van der Waals surface area contributed by atoms with Gasteiger partial charge >= 0.3 is 0 Å². The van der Waals surface area contributed by atoms with E-state index in [1.807, 2.05) is 71.8 Å². The van der Waals surface area contributed by atoms with E-state index < -0.39 is 0 Å². The number of anilines is 1. The Balaban J connectivity index is 1.07. The van der Waals surface area contributed by atoms with E-state index in [1.165, 1.54) is 0 Å². The van der Waals surface area contributed by atoms with E-state index >= 15 is 0 Å². The average Bonchev–Trinajstić information content (AvgIpc) is 3.05. The second kappa shape index (κ2) is 12.9. The number of ether oxygens (including phenoxy) is 4. The first-order valence-electron chi connectivity index (χ1n) is 14.2. The minimum absolute atomic E-state index is 0.0990. The van der Waals surface area contributed by atoms with E-state index in [4.69, 9.17) is 18.9 Å². The molecule has 10 nitrogen and oxygen atoms in total. The Morgan fingerprint density at radius 2 is 1.70 bits per heavy atom. The fourth-order valence-corrected chi connectivity index (χ4v) is 5.25. The monoisotopic (exact) mass is 579 g/mol. The van der Waals surface area contributed by atoms with Crippen molar-refractivity contribution in [2.75, 3.05) is 58.5 Å². The molecule has 0 saturated carbocycles. The fourth-order valence-electron chi connectivity index (χ4n) is 5.25. The maximum Gasteiger partial charge on any atom is 0.227 e. The highest BCUT2D eigenvalue weighted by Gasteiger charge is 2.24. The van der Waals surface area contributed by atoms with Gasteiger partial charge in [-0.1, -0.05) is 24.3 Å². The summed E-state index contributed by atoms with van der Waals surface area (Å²) in [7, 11) is 3.25. The molecule has 3 heterocycles. The number of piperazine rings is 1. The van der Waals surface area contributed by atoms with Crippen LogP contribution in [0, 0.1) is 0 Å². The van der Waals surface area contributed by atoms with Gasteiger partial charge in [0.15, 0.2) is 11.5 Å². The molecule has 1 saturated heterocycles. The van der Waals surface area contributed by atoms with Crippen LogP contribution in [0.25, 0.3) is 21.7 Å². The summed E-state index contributed by atoms with van der Waals surface area (Å²) >= 11 is 0. The summed E-state index contributed by atoms with van der Waals surface area (Å²) in [4.78, 5) is 30.5. The highest BCUT2D eigenvalue weighted by Crippen LogP contribution is 2.35. The van der Waals surface area contributed by atoms with Crippen LogP contribution in [0.3, 0.4) is 0 Å². The second-order valence-electron chi connectivity index (χ2n) is 10.2. The molecule has 220 valence electrons. The van der Waals surface area contributed by atoms with E-state index in [0.717, 1.165) is 44.6 Å². The summed E-state index contributed by atoms with van der Waals surface area (Å²) in [5.41, 5.74) is 1.71. The lowest BCUT2D eigenvalue weighted by Gasteiger charge is -2.36.